The molecule has 0 aromatic heterocycles. The van der Waals surface area contributed by atoms with Crippen molar-refractivity contribution in [1.29, 1.82) is 5.26 Å². The van der Waals surface area contributed by atoms with Crippen molar-refractivity contribution in [3.05, 3.63) is 35.9 Å². The number of methoxy groups -OCH3 is 1. The van der Waals surface area contributed by atoms with Gasteiger partial charge in [-0.15, -0.1) is 0 Å². The van der Waals surface area contributed by atoms with Gasteiger partial charge in [-0.2, -0.15) is 5.26 Å². The molecule has 0 heterocycles. The molecule has 0 bridgehead atoms. The molecule has 1 atom stereocenters. The summed E-state index contributed by atoms with van der Waals surface area (Å²) in [6.07, 6.45) is 6.06. The molecule has 1 fully saturated rings. The number of nitrogens with one attached hydrogen (secondary N) is 1. The first-order valence-electron chi connectivity index (χ1n) is 8.74. The number of nitriles is 1. The number of esters is 1. The molecule has 1 saturated carbocycles. The van der Waals surface area contributed by atoms with Crippen LogP contribution in [0.4, 0.5) is 0 Å². The number of benzene rings is 1. The highest BCUT2D eigenvalue weighted by molar-refractivity contribution is 5.90. The Kier molecular flexibility index (Phi) is 6.79. The number of ether oxygens (including phenoxy) is 2. The lowest BCUT2D eigenvalue weighted by Gasteiger charge is -2.32. The Labute approximate surface area is 153 Å². The molecule has 2 rings (SSSR count). The Morgan fingerprint density at radius 3 is 2.46 bits per heavy atom. The van der Waals surface area contributed by atoms with E-state index in [0.29, 0.717) is 12.8 Å². The van der Waals surface area contributed by atoms with Crippen molar-refractivity contribution in [3.63, 3.8) is 0 Å². The van der Waals surface area contributed by atoms with Gasteiger partial charge in [0.2, 0.25) is 0 Å². The highest BCUT2D eigenvalue weighted by atomic mass is 16.5. The number of rotatable bonds is 6. The zero-order valence-electron chi connectivity index (χ0n) is 15.2. The maximum Gasteiger partial charge on any atom is 0.331 e. The third kappa shape index (κ3) is 5.35. The summed E-state index contributed by atoms with van der Waals surface area (Å²) < 4.78 is 10.2. The van der Waals surface area contributed by atoms with E-state index < -0.39 is 23.5 Å². The lowest BCUT2D eigenvalue weighted by atomic mass is 9.83. The molecule has 1 N–H and O–H groups in total. The fourth-order valence-corrected chi connectivity index (χ4v) is 2.90. The quantitative estimate of drug-likeness (QED) is 0.625. The third-order valence-corrected chi connectivity index (χ3v) is 4.47. The molecule has 0 radical (unpaired) electrons. The van der Waals surface area contributed by atoms with Gasteiger partial charge in [-0.3, -0.25) is 4.79 Å². The van der Waals surface area contributed by atoms with Crippen LogP contribution in [0.1, 0.15) is 44.6 Å². The van der Waals surface area contributed by atoms with Crippen molar-refractivity contribution in [2.24, 2.45) is 0 Å². The van der Waals surface area contributed by atoms with Crippen LogP contribution in [0.5, 0.6) is 5.75 Å². The standard InChI is InChI=1S/C20H24N2O4/c1-15(19(24)22-20(14-21)12-4-3-5-13-20)26-18(23)11-8-16-6-9-17(25-2)10-7-16/h6-11,15H,3-5,12-13H2,1-2H3,(H,22,24)/b11-8+/t15-/m0/s1. The van der Waals surface area contributed by atoms with E-state index in [9.17, 15) is 14.9 Å². The highest BCUT2D eigenvalue weighted by Crippen LogP contribution is 2.27. The minimum absolute atomic E-state index is 0.445. The lowest BCUT2D eigenvalue weighted by Crippen LogP contribution is -2.52. The fourth-order valence-electron chi connectivity index (χ4n) is 2.90. The molecule has 0 unspecified atom stereocenters. The second kappa shape index (κ2) is 9.04. The molecule has 0 spiro atoms. The number of carbonyl (C=O) groups is 2. The number of amides is 1. The van der Waals surface area contributed by atoms with Gasteiger partial charge in [0, 0.05) is 6.08 Å². The summed E-state index contributed by atoms with van der Waals surface area (Å²) in [7, 11) is 1.58. The summed E-state index contributed by atoms with van der Waals surface area (Å²) in [5, 5.41) is 12.2. The Bertz CT molecular complexity index is 698. The first-order chi connectivity index (χ1) is 12.5. The number of carbonyl (C=O) groups excluding carboxylic acids is 2. The second-order valence-electron chi connectivity index (χ2n) is 6.43. The molecule has 1 aliphatic carbocycles. The fraction of sp³-hybridized carbons (Fsp3) is 0.450. The Balaban J connectivity index is 1.88. The van der Waals surface area contributed by atoms with Crippen LogP contribution in [-0.4, -0.2) is 30.6 Å². The summed E-state index contributed by atoms with van der Waals surface area (Å²) in [6.45, 7) is 1.50. The molecule has 6 heteroatoms. The van der Waals surface area contributed by atoms with Gasteiger partial charge in [0.1, 0.15) is 11.3 Å². The average molecular weight is 356 g/mol. The summed E-state index contributed by atoms with van der Waals surface area (Å²) in [6, 6.07) is 9.39. The Morgan fingerprint density at radius 2 is 1.88 bits per heavy atom. The molecule has 0 aliphatic heterocycles. The smallest absolute Gasteiger partial charge is 0.331 e. The third-order valence-electron chi connectivity index (χ3n) is 4.47. The number of hydrogen-bond donors (Lipinski definition) is 1. The van der Waals surface area contributed by atoms with Crippen molar-refractivity contribution in [2.45, 2.75) is 50.7 Å². The summed E-state index contributed by atoms with van der Waals surface area (Å²) in [5.74, 6) is -0.332. The largest absolute Gasteiger partial charge is 0.497 e. The van der Waals surface area contributed by atoms with E-state index in [0.717, 1.165) is 30.6 Å². The normalized spacial score (nSPS) is 17.1. The van der Waals surface area contributed by atoms with E-state index >= 15 is 0 Å². The SMILES string of the molecule is COc1ccc(/C=C/C(=O)O[C@@H](C)C(=O)NC2(C#N)CCCCC2)cc1. The molecule has 138 valence electrons. The maximum atomic E-state index is 12.3. The Hall–Kier alpha value is -2.81. The average Bonchev–Trinajstić information content (AvgIpc) is 2.67. The first kappa shape index (κ1) is 19.5. The van der Waals surface area contributed by atoms with E-state index in [1.807, 2.05) is 0 Å². The van der Waals surface area contributed by atoms with Gasteiger partial charge < -0.3 is 14.8 Å². The zero-order valence-corrected chi connectivity index (χ0v) is 15.2. The molecule has 1 aromatic rings. The van der Waals surface area contributed by atoms with E-state index in [1.165, 1.54) is 13.0 Å². The summed E-state index contributed by atoms with van der Waals surface area (Å²) in [4.78, 5) is 24.2. The van der Waals surface area contributed by atoms with Crippen molar-refractivity contribution in [2.75, 3.05) is 7.11 Å². The van der Waals surface area contributed by atoms with Gasteiger partial charge in [-0.1, -0.05) is 31.4 Å². The van der Waals surface area contributed by atoms with Gasteiger partial charge >= 0.3 is 5.97 Å². The summed E-state index contributed by atoms with van der Waals surface area (Å²) >= 11 is 0. The second-order valence-corrected chi connectivity index (χ2v) is 6.43. The van der Waals surface area contributed by atoms with Crippen LogP contribution in [0.25, 0.3) is 6.08 Å². The summed E-state index contributed by atoms with van der Waals surface area (Å²) in [5.41, 5.74) is -0.0277. The van der Waals surface area contributed by atoms with E-state index in [2.05, 4.69) is 11.4 Å². The van der Waals surface area contributed by atoms with Crippen molar-refractivity contribution in [1.82, 2.24) is 5.32 Å². The number of nitrogens with zero attached hydrogens (tertiary/aromatic N) is 1. The minimum Gasteiger partial charge on any atom is -0.497 e. The molecule has 6 nitrogen and oxygen atoms in total. The highest BCUT2D eigenvalue weighted by Gasteiger charge is 2.35. The molecular weight excluding hydrogens is 332 g/mol. The van der Waals surface area contributed by atoms with Crippen LogP contribution < -0.4 is 10.1 Å². The van der Waals surface area contributed by atoms with Crippen molar-refractivity contribution >= 4 is 18.0 Å². The Morgan fingerprint density at radius 1 is 1.23 bits per heavy atom. The monoisotopic (exact) mass is 356 g/mol. The maximum absolute atomic E-state index is 12.3. The molecule has 1 amide bonds. The van der Waals surface area contributed by atoms with Gasteiger partial charge in [0.15, 0.2) is 6.10 Å². The van der Waals surface area contributed by atoms with Crippen LogP contribution in [-0.2, 0) is 14.3 Å². The van der Waals surface area contributed by atoms with E-state index in [1.54, 1.807) is 37.5 Å². The molecule has 26 heavy (non-hydrogen) atoms. The van der Waals surface area contributed by atoms with E-state index in [4.69, 9.17) is 9.47 Å². The predicted molar refractivity (Wildman–Crippen MR) is 97.2 cm³/mol. The van der Waals surface area contributed by atoms with Crippen LogP contribution in [0, 0.1) is 11.3 Å². The van der Waals surface area contributed by atoms with Gasteiger partial charge in [-0.05, 0) is 43.5 Å². The lowest BCUT2D eigenvalue weighted by molar-refractivity contribution is -0.150. The molecule has 1 aliphatic rings. The van der Waals surface area contributed by atoms with Gasteiger partial charge in [0.05, 0.1) is 13.2 Å². The molecule has 0 saturated heterocycles. The first-order valence-corrected chi connectivity index (χ1v) is 8.74. The van der Waals surface area contributed by atoms with Gasteiger partial charge in [-0.25, -0.2) is 4.79 Å². The molecule has 1 aromatic carbocycles. The van der Waals surface area contributed by atoms with Crippen LogP contribution in [0.3, 0.4) is 0 Å². The number of hydrogen-bond acceptors (Lipinski definition) is 5. The van der Waals surface area contributed by atoms with Gasteiger partial charge in [0.25, 0.3) is 5.91 Å². The van der Waals surface area contributed by atoms with Crippen LogP contribution in [0.15, 0.2) is 30.3 Å². The van der Waals surface area contributed by atoms with Crippen molar-refractivity contribution < 1.29 is 19.1 Å². The van der Waals surface area contributed by atoms with Crippen LogP contribution >= 0.6 is 0 Å². The minimum atomic E-state index is -0.963. The van der Waals surface area contributed by atoms with Crippen LogP contribution in [0.2, 0.25) is 0 Å². The van der Waals surface area contributed by atoms with E-state index in [-0.39, 0.29) is 0 Å². The topological polar surface area (TPSA) is 88.4 Å². The predicted octanol–water partition coefficient (Wildman–Crippen LogP) is 2.98. The molecular formula is C20H24N2O4. The van der Waals surface area contributed by atoms with Crippen molar-refractivity contribution in [3.8, 4) is 11.8 Å². The zero-order chi connectivity index (χ0) is 19.0.